The van der Waals surface area contributed by atoms with E-state index in [1.165, 1.54) is 9.08 Å². The average molecular weight is 289 g/mol. The van der Waals surface area contributed by atoms with Gasteiger partial charge >= 0.3 is 5.69 Å². The average Bonchev–Trinajstić information content (AvgIpc) is 2.65. The van der Waals surface area contributed by atoms with E-state index in [0.29, 0.717) is 12.2 Å². The molecule has 7 nitrogen and oxygen atoms in total. The summed E-state index contributed by atoms with van der Waals surface area (Å²) in [5.74, 6) is -0.0455. The number of hydrogen-bond donors (Lipinski definition) is 0. The Morgan fingerprint density at radius 1 is 1.24 bits per heavy atom. The lowest BCUT2D eigenvalue weighted by Crippen LogP contribution is -2.38. The molecule has 1 aliphatic heterocycles. The van der Waals surface area contributed by atoms with E-state index in [0.717, 1.165) is 26.1 Å². The van der Waals surface area contributed by atoms with Gasteiger partial charge in [0.2, 0.25) is 5.91 Å². The quantitative estimate of drug-likeness (QED) is 0.759. The molecule has 0 atom stereocenters. The van der Waals surface area contributed by atoms with Crippen LogP contribution in [0.5, 0.6) is 0 Å². The molecule has 7 heteroatoms. The Hall–Kier alpha value is -2.15. The summed E-state index contributed by atoms with van der Waals surface area (Å²) < 4.78 is 2.69. The Balaban J connectivity index is 1.77. The molecule has 1 amide bonds. The van der Waals surface area contributed by atoms with E-state index in [9.17, 15) is 9.59 Å². The molecule has 21 heavy (non-hydrogen) atoms. The van der Waals surface area contributed by atoms with Crippen LogP contribution >= 0.6 is 0 Å². The summed E-state index contributed by atoms with van der Waals surface area (Å²) in [6.07, 6.45) is 2.62. The summed E-state index contributed by atoms with van der Waals surface area (Å²) in [5, 5.41) is 4.19. The van der Waals surface area contributed by atoms with Gasteiger partial charge in [0.15, 0.2) is 5.65 Å². The molecule has 0 N–H and O–H groups in total. The van der Waals surface area contributed by atoms with Gasteiger partial charge in [-0.1, -0.05) is 6.07 Å². The van der Waals surface area contributed by atoms with E-state index in [1.54, 1.807) is 18.3 Å². The second-order valence-electron chi connectivity index (χ2n) is 5.41. The molecule has 2 aromatic heterocycles. The maximum absolute atomic E-state index is 12.4. The predicted octanol–water partition coefficient (Wildman–Crippen LogP) is -0.340. The molecule has 0 saturated carbocycles. The van der Waals surface area contributed by atoms with Crippen molar-refractivity contribution in [1.29, 1.82) is 0 Å². The summed E-state index contributed by atoms with van der Waals surface area (Å²) in [5.41, 5.74) is 0.289. The monoisotopic (exact) mass is 289 g/mol. The van der Waals surface area contributed by atoms with Gasteiger partial charge in [0.25, 0.3) is 0 Å². The SMILES string of the molecule is CN1CCCN(C(=O)Cn2nc3ccccn3c2=O)CC1. The standard InChI is InChI=1S/C14H19N5O2/c1-16-6-4-7-17(10-9-16)13(20)11-19-14(21)18-8-3-2-5-12(18)15-19/h2-3,5,8H,4,6-7,9-11H2,1H3. The first-order valence-corrected chi connectivity index (χ1v) is 7.16. The van der Waals surface area contributed by atoms with Gasteiger partial charge in [0.05, 0.1) is 0 Å². The van der Waals surface area contributed by atoms with Crippen molar-refractivity contribution in [2.45, 2.75) is 13.0 Å². The molecule has 3 heterocycles. The summed E-state index contributed by atoms with van der Waals surface area (Å²) in [4.78, 5) is 28.5. The minimum Gasteiger partial charge on any atom is -0.340 e. The minimum atomic E-state index is -0.272. The molecule has 0 aromatic carbocycles. The van der Waals surface area contributed by atoms with Crippen LogP contribution < -0.4 is 5.69 Å². The third-order valence-corrected chi connectivity index (χ3v) is 3.85. The van der Waals surface area contributed by atoms with Crippen LogP contribution in [-0.4, -0.2) is 63.1 Å². The van der Waals surface area contributed by atoms with Gasteiger partial charge < -0.3 is 9.80 Å². The molecular formula is C14H19N5O2. The molecule has 2 aromatic rings. The Morgan fingerprint density at radius 3 is 2.90 bits per heavy atom. The maximum Gasteiger partial charge on any atom is 0.350 e. The lowest BCUT2D eigenvalue weighted by molar-refractivity contribution is -0.131. The van der Waals surface area contributed by atoms with E-state index in [2.05, 4.69) is 17.0 Å². The highest BCUT2D eigenvalue weighted by molar-refractivity contribution is 5.76. The molecule has 0 unspecified atom stereocenters. The van der Waals surface area contributed by atoms with Crippen molar-refractivity contribution in [3.05, 3.63) is 34.9 Å². The Morgan fingerprint density at radius 2 is 2.10 bits per heavy atom. The number of fused-ring (bicyclic) bond motifs is 1. The van der Waals surface area contributed by atoms with Crippen LogP contribution in [0.25, 0.3) is 5.65 Å². The fourth-order valence-corrected chi connectivity index (χ4v) is 2.60. The van der Waals surface area contributed by atoms with Crippen molar-refractivity contribution < 1.29 is 4.79 Å². The van der Waals surface area contributed by atoms with Crippen LogP contribution in [0.3, 0.4) is 0 Å². The van der Waals surface area contributed by atoms with Crippen molar-refractivity contribution in [1.82, 2.24) is 24.0 Å². The van der Waals surface area contributed by atoms with Gasteiger partial charge in [-0.05, 0) is 32.1 Å². The normalized spacial score (nSPS) is 17.1. The van der Waals surface area contributed by atoms with Gasteiger partial charge in [0.1, 0.15) is 6.54 Å². The number of carbonyl (C=O) groups excluding carboxylic acids is 1. The van der Waals surface area contributed by atoms with E-state index in [1.807, 2.05) is 11.0 Å². The van der Waals surface area contributed by atoms with Gasteiger partial charge in [-0.3, -0.25) is 9.20 Å². The fraction of sp³-hybridized carbons (Fsp3) is 0.500. The van der Waals surface area contributed by atoms with Gasteiger partial charge in [-0.15, -0.1) is 5.10 Å². The van der Waals surface area contributed by atoms with Crippen LogP contribution in [-0.2, 0) is 11.3 Å². The molecule has 0 aliphatic carbocycles. The highest BCUT2D eigenvalue weighted by atomic mass is 16.2. The second-order valence-corrected chi connectivity index (χ2v) is 5.41. The molecule has 3 rings (SSSR count). The summed E-state index contributed by atoms with van der Waals surface area (Å²) in [6.45, 7) is 3.32. The fourth-order valence-electron chi connectivity index (χ4n) is 2.60. The van der Waals surface area contributed by atoms with Crippen molar-refractivity contribution in [2.75, 3.05) is 33.2 Å². The van der Waals surface area contributed by atoms with Crippen molar-refractivity contribution in [3.63, 3.8) is 0 Å². The van der Waals surface area contributed by atoms with Gasteiger partial charge in [-0.2, -0.15) is 0 Å². The highest BCUT2D eigenvalue weighted by Crippen LogP contribution is 2.03. The Kier molecular flexibility index (Phi) is 3.74. The second kappa shape index (κ2) is 5.69. The molecule has 0 spiro atoms. The van der Waals surface area contributed by atoms with Gasteiger partial charge in [-0.25, -0.2) is 9.48 Å². The van der Waals surface area contributed by atoms with Crippen LogP contribution in [0.15, 0.2) is 29.2 Å². The Labute approximate surface area is 122 Å². The lowest BCUT2D eigenvalue weighted by atomic mass is 10.4. The molecule has 112 valence electrons. The highest BCUT2D eigenvalue weighted by Gasteiger charge is 2.19. The first-order valence-electron chi connectivity index (χ1n) is 7.16. The van der Waals surface area contributed by atoms with Gasteiger partial charge in [0, 0.05) is 25.8 Å². The molecule has 1 aliphatic rings. The maximum atomic E-state index is 12.4. The number of carbonyl (C=O) groups is 1. The minimum absolute atomic E-state index is 0.00419. The van der Waals surface area contributed by atoms with Crippen LogP contribution in [0.2, 0.25) is 0 Å². The summed E-state index contributed by atoms with van der Waals surface area (Å²) >= 11 is 0. The van der Waals surface area contributed by atoms with Crippen LogP contribution in [0.4, 0.5) is 0 Å². The van der Waals surface area contributed by atoms with Crippen LogP contribution in [0.1, 0.15) is 6.42 Å². The molecule has 0 radical (unpaired) electrons. The van der Waals surface area contributed by atoms with E-state index in [-0.39, 0.29) is 18.1 Å². The summed E-state index contributed by atoms with van der Waals surface area (Å²) in [6, 6.07) is 5.34. The zero-order valence-corrected chi connectivity index (χ0v) is 12.1. The predicted molar refractivity (Wildman–Crippen MR) is 78.1 cm³/mol. The third-order valence-electron chi connectivity index (χ3n) is 3.85. The summed E-state index contributed by atoms with van der Waals surface area (Å²) in [7, 11) is 2.06. The third kappa shape index (κ3) is 2.82. The van der Waals surface area contributed by atoms with E-state index < -0.39 is 0 Å². The molecule has 1 fully saturated rings. The van der Waals surface area contributed by atoms with Crippen molar-refractivity contribution in [3.8, 4) is 0 Å². The van der Waals surface area contributed by atoms with Crippen molar-refractivity contribution in [2.24, 2.45) is 0 Å². The number of pyridine rings is 1. The topological polar surface area (TPSA) is 62.9 Å². The van der Waals surface area contributed by atoms with Crippen LogP contribution in [0, 0.1) is 0 Å². The zero-order valence-electron chi connectivity index (χ0n) is 12.1. The number of rotatable bonds is 2. The first kappa shape index (κ1) is 13.8. The first-order chi connectivity index (χ1) is 10.1. The van der Waals surface area contributed by atoms with E-state index in [4.69, 9.17) is 0 Å². The zero-order chi connectivity index (χ0) is 14.8. The number of amides is 1. The smallest absolute Gasteiger partial charge is 0.340 e. The van der Waals surface area contributed by atoms with E-state index >= 15 is 0 Å². The molecule has 1 saturated heterocycles. The number of hydrogen-bond acceptors (Lipinski definition) is 4. The number of nitrogens with zero attached hydrogens (tertiary/aromatic N) is 5. The number of likely N-dealkylation sites (N-methyl/N-ethyl adjacent to an activating group) is 1. The lowest BCUT2D eigenvalue weighted by Gasteiger charge is -2.20. The largest absolute Gasteiger partial charge is 0.350 e. The number of aromatic nitrogens is 3. The molecule has 0 bridgehead atoms. The van der Waals surface area contributed by atoms with Crippen molar-refractivity contribution >= 4 is 11.6 Å². The molecular weight excluding hydrogens is 270 g/mol. The Bertz CT molecular complexity index is 705.